The zero-order chi connectivity index (χ0) is 35.4. The molecule has 0 unspecified atom stereocenters. The number of hydrogen-bond acceptors (Lipinski definition) is 17. The number of aliphatic carboxylic acids is 1. The van der Waals surface area contributed by atoms with Crippen molar-refractivity contribution in [3.8, 4) is 0 Å². The second-order valence-electron chi connectivity index (χ2n) is 10.8. The van der Waals surface area contributed by atoms with E-state index < -0.39 is 17.7 Å². The van der Waals surface area contributed by atoms with Crippen molar-refractivity contribution < 1.29 is 43.7 Å². The molecule has 4 heterocycles. The predicted octanol–water partition coefficient (Wildman–Crippen LogP) is 2.87. The van der Waals surface area contributed by atoms with Gasteiger partial charge in [-0.15, -0.1) is 0 Å². The monoisotopic (exact) mass is 666 g/mol. The maximum absolute atomic E-state index is 11.3. The average Bonchev–Trinajstić information content (AvgIpc) is 3.77. The summed E-state index contributed by atoms with van der Waals surface area (Å²) in [5.41, 5.74) is 4.76. The number of nitrogens with two attached hydrogens (primary N) is 1. The standard InChI is InChI=1S/C10H17N3O3.C7H10N2O2.C6H8N2O3.C5H9N3O.H2/c1-7-12-8(16-13-7)5-6-11-9(14)15-10(2,3)4;1-5(10)3-4-7-8-6(2)9-11-7;1-4-7-5(11-8-4)2-3-6(9)10;1-4-7-5(2-3-6)9-8-4;/h5-6H2,1-4H3,(H,11,14);3-4H2,1-2H3;2-3H2,1H3,(H,9,10);2-3,6H2,1H3;1H. The van der Waals surface area contributed by atoms with Gasteiger partial charge in [-0.05, 0) is 55.4 Å². The summed E-state index contributed by atoms with van der Waals surface area (Å²) in [6.45, 7) is 14.9. The van der Waals surface area contributed by atoms with Crippen molar-refractivity contribution in [3.05, 3.63) is 46.9 Å². The molecule has 0 bridgehead atoms. The molecule has 0 saturated heterocycles. The molecular formula is C28H46N10O9. The number of carbonyl (C=O) groups is 3. The first kappa shape index (κ1) is 40.0. The van der Waals surface area contributed by atoms with E-state index in [4.69, 9.17) is 33.7 Å². The molecule has 19 heteroatoms. The van der Waals surface area contributed by atoms with Gasteiger partial charge in [0.05, 0.1) is 6.42 Å². The maximum atomic E-state index is 11.3. The van der Waals surface area contributed by atoms with Crippen LogP contribution in [0.4, 0.5) is 4.79 Å². The van der Waals surface area contributed by atoms with Crippen LogP contribution in [-0.2, 0) is 40.0 Å². The lowest BCUT2D eigenvalue weighted by Crippen LogP contribution is -2.33. The number of ketones is 1. The van der Waals surface area contributed by atoms with Crippen molar-refractivity contribution >= 4 is 17.8 Å². The first-order valence-corrected chi connectivity index (χ1v) is 14.6. The highest BCUT2D eigenvalue weighted by molar-refractivity contribution is 5.75. The molecule has 0 aliphatic rings. The fourth-order valence-electron chi connectivity index (χ4n) is 2.97. The van der Waals surface area contributed by atoms with Crippen LogP contribution in [0.25, 0.3) is 0 Å². The van der Waals surface area contributed by atoms with Crippen molar-refractivity contribution in [1.29, 1.82) is 0 Å². The highest BCUT2D eigenvalue weighted by atomic mass is 16.6. The number of hydrogen-bond donors (Lipinski definition) is 3. The van der Waals surface area contributed by atoms with Crippen LogP contribution < -0.4 is 11.1 Å². The van der Waals surface area contributed by atoms with E-state index in [0.29, 0.717) is 92.1 Å². The SMILES string of the molecule is CC(=O)CCc1nc(C)no1.Cc1noc(CCC(=O)O)n1.Cc1noc(CCN)n1.Cc1noc(CCNC(=O)OC(C)(C)C)n1.[HH]. The fraction of sp³-hybridized carbons (Fsp3) is 0.607. The van der Waals surface area contributed by atoms with Gasteiger partial charge in [0.15, 0.2) is 23.3 Å². The maximum Gasteiger partial charge on any atom is 0.407 e. The highest BCUT2D eigenvalue weighted by Crippen LogP contribution is 2.06. The summed E-state index contributed by atoms with van der Waals surface area (Å²) in [5, 5.41) is 25.2. The fourth-order valence-corrected chi connectivity index (χ4v) is 2.97. The number of ether oxygens (including phenoxy) is 1. The average molecular weight is 667 g/mol. The Kier molecular flexibility index (Phi) is 17.7. The molecule has 262 valence electrons. The molecule has 4 aromatic heterocycles. The molecule has 0 radical (unpaired) electrons. The minimum atomic E-state index is -0.860. The highest BCUT2D eigenvalue weighted by Gasteiger charge is 2.15. The Morgan fingerprint density at radius 1 is 0.723 bits per heavy atom. The summed E-state index contributed by atoms with van der Waals surface area (Å²) in [7, 11) is 0. The van der Waals surface area contributed by atoms with Gasteiger partial charge in [0.2, 0.25) is 23.6 Å². The summed E-state index contributed by atoms with van der Waals surface area (Å²) in [4.78, 5) is 47.6. The molecule has 4 N–H and O–H groups in total. The second-order valence-corrected chi connectivity index (χ2v) is 10.8. The van der Waals surface area contributed by atoms with E-state index in [0.717, 1.165) is 0 Å². The van der Waals surface area contributed by atoms with Crippen LogP contribution in [0, 0.1) is 27.7 Å². The first-order valence-electron chi connectivity index (χ1n) is 14.6. The number of carbonyl (C=O) groups excluding carboxylic acids is 2. The third-order valence-electron chi connectivity index (χ3n) is 4.89. The summed E-state index contributed by atoms with van der Waals surface area (Å²) in [6.07, 6.45) is 2.08. The number of nitrogens with zero attached hydrogens (tertiary/aromatic N) is 8. The smallest absolute Gasteiger partial charge is 0.407 e. The number of aromatic nitrogens is 8. The van der Waals surface area contributed by atoms with Gasteiger partial charge in [0, 0.05) is 46.6 Å². The Bertz CT molecular complexity index is 1440. The van der Waals surface area contributed by atoms with E-state index in [1.54, 1.807) is 34.6 Å². The molecule has 1 amide bonds. The van der Waals surface area contributed by atoms with Crippen molar-refractivity contribution in [2.45, 2.75) is 99.5 Å². The number of carboxylic acids is 1. The van der Waals surface area contributed by atoms with Gasteiger partial charge >= 0.3 is 12.1 Å². The number of rotatable bonds is 11. The molecule has 4 aromatic rings. The third-order valence-corrected chi connectivity index (χ3v) is 4.89. The number of aryl methyl sites for hydroxylation is 6. The molecule has 0 fully saturated rings. The van der Waals surface area contributed by atoms with Crippen LogP contribution in [0.5, 0.6) is 0 Å². The number of carboxylic acid groups (broad SMARTS) is 1. The van der Waals surface area contributed by atoms with Gasteiger partial charge in [0.25, 0.3) is 0 Å². The van der Waals surface area contributed by atoms with Crippen LogP contribution >= 0.6 is 0 Å². The second kappa shape index (κ2) is 20.9. The molecule has 47 heavy (non-hydrogen) atoms. The molecule has 0 saturated carbocycles. The quantitative estimate of drug-likeness (QED) is 0.207. The molecule has 0 aromatic carbocycles. The number of alkyl carbamates (subject to hydrolysis) is 1. The zero-order valence-electron chi connectivity index (χ0n) is 28.0. The molecule has 0 spiro atoms. The number of amides is 1. The lowest BCUT2D eigenvalue weighted by molar-refractivity contribution is -0.137. The Balaban J connectivity index is 0.000000623. The molecule has 4 rings (SSSR count). The summed E-state index contributed by atoms with van der Waals surface area (Å²) in [6, 6.07) is 0. The molecule has 0 atom stereocenters. The van der Waals surface area contributed by atoms with Crippen LogP contribution in [0.3, 0.4) is 0 Å². The van der Waals surface area contributed by atoms with Gasteiger partial charge in [-0.2, -0.15) is 19.9 Å². The minimum absolute atomic E-state index is 0. The van der Waals surface area contributed by atoms with E-state index in [1.807, 2.05) is 20.8 Å². The van der Waals surface area contributed by atoms with Crippen molar-refractivity contribution in [2.75, 3.05) is 13.1 Å². The summed E-state index contributed by atoms with van der Waals surface area (Å²) < 4.78 is 24.2. The van der Waals surface area contributed by atoms with E-state index in [9.17, 15) is 14.4 Å². The lowest BCUT2D eigenvalue weighted by Gasteiger charge is -2.19. The molecular weight excluding hydrogens is 620 g/mol. The Morgan fingerprint density at radius 3 is 1.43 bits per heavy atom. The number of nitrogens with one attached hydrogen (secondary N) is 1. The normalized spacial score (nSPS) is 10.4. The zero-order valence-corrected chi connectivity index (χ0v) is 28.0. The predicted molar refractivity (Wildman–Crippen MR) is 164 cm³/mol. The van der Waals surface area contributed by atoms with Crippen molar-refractivity contribution in [2.24, 2.45) is 5.73 Å². The summed E-state index contributed by atoms with van der Waals surface area (Å²) >= 11 is 0. The lowest BCUT2D eigenvalue weighted by atomic mass is 10.2. The van der Waals surface area contributed by atoms with Crippen LogP contribution in [0.2, 0.25) is 0 Å². The Hall–Kier alpha value is -5.07. The van der Waals surface area contributed by atoms with Gasteiger partial charge < -0.3 is 43.8 Å². The minimum Gasteiger partial charge on any atom is -0.481 e. The van der Waals surface area contributed by atoms with Gasteiger partial charge in [-0.3, -0.25) is 4.79 Å². The van der Waals surface area contributed by atoms with Gasteiger partial charge in [-0.25, -0.2) is 4.79 Å². The third kappa shape index (κ3) is 20.6. The molecule has 0 aliphatic heterocycles. The van der Waals surface area contributed by atoms with Crippen molar-refractivity contribution in [1.82, 2.24) is 45.9 Å². The van der Waals surface area contributed by atoms with Crippen LogP contribution in [0.15, 0.2) is 18.1 Å². The molecule has 19 nitrogen and oxygen atoms in total. The Morgan fingerprint density at radius 2 is 1.11 bits per heavy atom. The Labute approximate surface area is 272 Å². The van der Waals surface area contributed by atoms with Gasteiger partial charge in [-0.1, -0.05) is 20.6 Å². The van der Waals surface area contributed by atoms with E-state index in [2.05, 4.69) is 45.9 Å². The van der Waals surface area contributed by atoms with E-state index in [-0.39, 0.29) is 13.6 Å². The van der Waals surface area contributed by atoms with E-state index in [1.165, 1.54) is 0 Å². The summed E-state index contributed by atoms with van der Waals surface area (Å²) in [5.74, 6) is 3.73. The molecule has 0 aliphatic carbocycles. The number of Topliss-reactive ketones (excluding diaryl/α,β-unsaturated/α-hetero) is 1. The topological polar surface area (TPSA) is 274 Å². The van der Waals surface area contributed by atoms with E-state index >= 15 is 0 Å². The van der Waals surface area contributed by atoms with Crippen LogP contribution in [-0.4, -0.2) is 82.2 Å². The van der Waals surface area contributed by atoms with Crippen LogP contribution in [0.1, 0.15) is 88.8 Å². The van der Waals surface area contributed by atoms with Crippen molar-refractivity contribution in [3.63, 3.8) is 0 Å². The van der Waals surface area contributed by atoms with Gasteiger partial charge in [0.1, 0.15) is 11.4 Å². The largest absolute Gasteiger partial charge is 0.481 e. The first-order chi connectivity index (χ1) is 22.1.